The van der Waals surface area contributed by atoms with Gasteiger partial charge in [0, 0.05) is 0 Å². The quantitative estimate of drug-likeness (QED) is 0.813. The van der Waals surface area contributed by atoms with Gasteiger partial charge >= 0.3 is 6.09 Å². The summed E-state index contributed by atoms with van der Waals surface area (Å²) in [5, 5.41) is 2.58. The summed E-state index contributed by atoms with van der Waals surface area (Å²) >= 11 is 1.35. The number of thiazole rings is 1. The third-order valence-corrected chi connectivity index (χ3v) is 3.30. The molecule has 2 amide bonds. The lowest BCUT2D eigenvalue weighted by Gasteiger charge is -1.99. The lowest BCUT2D eigenvalue weighted by Crippen LogP contribution is -2.20. The maximum Gasteiger partial charge on any atom is 0.415 e. The number of benzene rings is 1. The molecule has 1 unspecified atom stereocenters. The van der Waals surface area contributed by atoms with Gasteiger partial charge in [0.25, 0.3) is 5.91 Å². The normalized spacial score (nSPS) is 19.9. The van der Waals surface area contributed by atoms with E-state index in [4.69, 9.17) is 4.74 Å². The minimum Gasteiger partial charge on any atom is -0.428 e. The molecule has 3 rings (SSSR count). The van der Waals surface area contributed by atoms with Crippen molar-refractivity contribution in [3.63, 3.8) is 0 Å². The van der Waals surface area contributed by atoms with Gasteiger partial charge in [-0.05, 0) is 12.1 Å². The molecule has 80 valence electrons. The van der Waals surface area contributed by atoms with Crippen LogP contribution in [0.5, 0.6) is 0 Å². The standard InChI is InChI=1S/C10H6N2O3S/c13-8-7(15-10(14)12-8)9-11-5-3-1-2-4-6(5)16-9/h1-4,7H,(H,12,13,14). The molecule has 1 aliphatic rings. The van der Waals surface area contributed by atoms with E-state index in [1.807, 2.05) is 24.3 Å². The third kappa shape index (κ3) is 1.35. The van der Waals surface area contributed by atoms with Gasteiger partial charge in [0.2, 0.25) is 6.10 Å². The first-order valence-electron chi connectivity index (χ1n) is 4.61. The SMILES string of the molecule is O=C1NC(=O)C(c2nc3ccccc3s2)O1. The summed E-state index contributed by atoms with van der Waals surface area (Å²) in [6.07, 6.45) is -1.61. The number of carbonyl (C=O) groups is 2. The maximum absolute atomic E-state index is 11.4. The van der Waals surface area contributed by atoms with E-state index in [1.165, 1.54) is 11.3 Å². The molecule has 1 aromatic heterocycles. The summed E-state index contributed by atoms with van der Waals surface area (Å²) < 4.78 is 5.80. The highest BCUT2D eigenvalue weighted by Gasteiger charge is 2.35. The van der Waals surface area contributed by atoms with E-state index in [0.717, 1.165) is 10.2 Å². The molecule has 0 saturated carbocycles. The number of amides is 2. The van der Waals surface area contributed by atoms with Gasteiger partial charge in [0.1, 0.15) is 5.01 Å². The van der Waals surface area contributed by atoms with Crippen molar-refractivity contribution in [3.8, 4) is 0 Å². The van der Waals surface area contributed by atoms with Gasteiger partial charge in [-0.15, -0.1) is 11.3 Å². The van der Waals surface area contributed by atoms with E-state index in [1.54, 1.807) is 0 Å². The second-order valence-corrected chi connectivity index (χ2v) is 4.36. The molecule has 1 aromatic carbocycles. The fraction of sp³-hybridized carbons (Fsp3) is 0.100. The molecule has 6 heteroatoms. The number of alkyl carbamates (subject to hydrolysis) is 1. The summed E-state index contributed by atoms with van der Waals surface area (Å²) in [5.41, 5.74) is 0.804. The van der Waals surface area contributed by atoms with Gasteiger partial charge in [-0.3, -0.25) is 10.1 Å². The minimum absolute atomic E-state index is 0.455. The van der Waals surface area contributed by atoms with Crippen molar-refractivity contribution in [1.82, 2.24) is 10.3 Å². The number of hydrogen-bond donors (Lipinski definition) is 1. The molecule has 16 heavy (non-hydrogen) atoms. The van der Waals surface area contributed by atoms with Crippen molar-refractivity contribution in [2.75, 3.05) is 0 Å². The van der Waals surface area contributed by atoms with Crippen LogP contribution in [0.25, 0.3) is 10.2 Å². The Morgan fingerprint density at radius 3 is 2.81 bits per heavy atom. The monoisotopic (exact) mass is 234 g/mol. The zero-order chi connectivity index (χ0) is 11.1. The van der Waals surface area contributed by atoms with Crippen LogP contribution in [0.1, 0.15) is 11.1 Å². The number of aromatic nitrogens is 1. The third-order valence-electron chi connectivity index (χ3n) is 2.22. The fourth-order valence-corrected chi connectivity index (χ4v) is 2.52. The van der Waals surface area contributed by atoms with Gasteiger partial charge < -0.3 is 4.74 Å². The van der Waals surface area contributed by atoms with E-state index < -0.39 is 18.1 Å². The van der Waals surface area contributed by atoms with Gasteiger partial charge in [-0.2, -0.15) is 0 Å². The van der Waals surface area contributed by atoms with E-state index in [-0.39, 0.29) is 0 Å². The number of imide groups is 1. The Kier molecular flexibility index (Phi) is 1.90. The molecule has 0 bridgehead atoms. The largest absolute Gasteiger partial charge is 0.428 e. The molecule has 1 aliphatic heterocycles. The van der Waals surface area contributed by atoms with E-state index in [9.17, 15) is 9.59 Å². The van der Waals surface area contributed by atoms with Crippen LogP contribution in [-0.4, -0.2) is 17.0 Å². The van der Waals surface area contributed by atoms with E-state index in [2.05, 4.69) is 10.3 Å². The number of para-hydroxylation sites is 1. The van der Waals surface area contributed by atoms with Crippen molar-refractivity contribution < 1.29 is 14.3 Å². The number of hydrogen-bond acceptors (Lipinski definition) is 5. The minimum atomic E-state index is -0.898. The van der Waals surface area contributed by atoms with Gasteiger partial charge in [-0.1, -0.05) is 12.1 Å². The van der Waals surface area contributed by atoms with Crippen LogP contribution >= 0.6 is 11.3 Å². The molecule has 1 fully saturated rings. The number of carbonyl (C=O) groups excluding carboxylic acids is 2. The van der Waals surface area contributed by atoms with Crippen molar-refractivity contribution in [2.45, 2.75) is 6.10 Å². The Hall–Kier alpha value is -1.95. The number of rotatable bonds is 1. The highest BCUT2D eigenvalue weighted by atomic mass is 32.1. The van der Waals surface area contributed by atoms with Crippen molar-refractivity contribution in [1.29, 1.82) is 0 Å². The summed E-state index contributed by atoms with van der Waals surface area (Å²) in [4.78, 5) is 26.5. The summed E-state index contributed by atoms with van der Waals surface area (Å²) in [6, 6.07) is 7.52. The van der Waals surface area contributed by atoms with Crippen LogP contribution in [0.15, 0.2) is 24.3 Å². The average Bonchev–Trinajstić information content (AvgIpc) is 2.81. The Balaban J connectivity index is 2.06. The molecule has 1 N–H and O–H groups in total. The number of fused-ring (bicyclic) bond motifs is 1. The number of cyclic esters (lactones) is 1. The number of nitrogens with zero attached hydrogens (tertiary/aromatic N) is 1. The molecule has 0 spiro atoms. The second kappa shape index (κ2) is 3.28. The number of nitrogens with one attached hydrogen (secondary N) is 1. The Morgan fingerprint density at radius 1 is 1.31 bits per heavy atom. The van der Waals surface area contributed by atoms with Crippen LogP contribution in [-0.2, 0) is 9.53 Å². The van der Waals surface area contributed by atoms with Gasteiger partial charge in [-0.25, -0.2) is 9.78 Å². The van der Waals surface area contributed by atoms with Crippen LogP contribution in [0.3, 0.4) is 0 Å². The first kappa shape index (κ1) is 9.29. The highest BCUT2D eigenvalue weighted by Crippen LogP contribution is 2.30. The van der Waals surface area contributed by atoms with E-state index in [0.29, 0.717) is 5.01 Å². The summed E-state index contributed by atoms with van der Waals surface area (Å²) in [5.74, 6) is -0.455. The van der Waals surface area contributed by atoms with Crippen molar-refractivity contribution in [3.05, 3.63) is 29.3 Å². The predicted octanol–water partition coefficient (Wildman–Crippen LogP) is 1.60. The molecule has 2 heterocycles. The second-order valence-electron chi connectivity index (χ2n) is 3.29. The predicted molar refractivity (Wildman–Crippen MR) is 57.0 cm³/mol. The lowest BCUT2D eigenvalue weighted by molar-refractivity contribution is -0.123. The molecule has 5 nitrogen and oxygen atoms in total. The molecule has 1 atom stereocenters. The zero-order valence-electron chi connectivity index (χ0n) is 7.97. The summed E-state index contributed by atoms with van der Waals surface area (Å²) in [6.45, 7) is 0. The summed E-state index contributed by atoms with van der Waals surface area (Å²) in [7, 11) is 0. The first-order chi connectivity index (χ1) is 7.74. The fourth-order valence-electron chi connectivity index (χ4n) is 1.52. The first-order valence-corrected chi connectivity index (χ1v) is 5.42. The van der Waals surface area contributed by atoms with E-state index >= 15 is 0 Å². The smallest absolute Gasteiger partial charge is 0.415 e. The molecule has 1 saturated heterocycles. The van der Waals surface area contributed by atoms with Crippen molar-refractivity contribution >= 4 is 33.6 Å². The van der Waals surface area contributed by atoms with Crippen LogP contribution < -0.4 is 5.32 Å². The average molecular weight is 234 g/mol. The van der Waals surface area contributed by atoms with Crippen LogP contribution in [0.4, 0.5) is 4.79 Å². The maximum atomic E-state index is 11.4. The number of ether oxygens (including phenoxy) is 1. The van der Waals surface area contributed by atoms with Gasteiger partial charge in [0.15, 0.2) is 0 Å². The van der Waals surface area contributed by atoms with Gasteiger partial charge in [0.05, 0.1) is 10.2 Å². The molecule has 0 radical (unpaired) electrons. The molecule has 0 aliphatic carbocycles. The molecular weight excluding hydrogens is 228 g/mol. The topological polar surface area (TPSA) is 68.3 Å². The van der Waals surface area contributed by atoms with Crippen LogP contribution in [0, 0.1) is 0 Å². The van der Waals surface area contributed by atoms with Crippen molar-refractivity contribution in [2.24, 2.45) is 0 Å². The van der Waals surface area contributed by atoms with Crippen LogP contribution in [0.2, 0.25) is 0 Å². The molecular formula is C10H6N2O3S. The Morgan fingerprint density at radius 2 is 2.12 bits per heavy atom. The Labute approximate surface area is 94.0 Å². The highest BCUT2D eigenvalue weighted by molar-refractivity contribution is 7.18. The molecule has 2 aromatic rings. The Bertz CT molecular complexity index is 560. The lowest BCUT2D eigenvalue weighted by atomic mass is 10.3. The zero-order valence-corrected chi connectivity index (χ0v) is 8.78.